The Bertz CT molecular complexity index is 583. The summed E-state index contributed by atoms with van der Waals surface area (Å²) >= 11 is 0. The molecule has 1 N–H and O–H groups in total. The number of carboxylic acid groups (broad SMARTS) is 1. The van der Waals surface area contributed by atoms with Crippen LogP contribution in [-0.2, 0) is 14.3 Å². The van der Waals surface area contributed by atoms with Gasteiger partial charge in [-0.05, 0) is 32.1 Å². The molecule has 0 radical (unpaired) electrons. The lowest BCUT2D eigenvalue weighted by Gasteiger charge is -2.11. The van der Waals surface area contributed by atoms with Crippen molar-refractivity contribution in [3.63, 3.8) is 0 Å². The average molecular weight is 549 g/mol. The molecule has 228 valence electrons. The topological polar surface area (TPSA) is 63.6 Å². The average Bonchev–Trinajstić information content (AvgIpc) is 2.93. The van der Waals surface area contributed by atoms with E-state index in [1.165, 1.54) is 141 Å². The summed E-state index contributed by atoms with van der Waals surface area (Å²) < 4.78 is 4.91. The van der Waals surface area contributed by atoms with Gasteiger partial charge >= 0.3 is 11.9 Å². The minimum absolute atomic E-state index is 0.0407. The lowest BCUT2D eigenvalue weighted by Crippen LogP contribution is -2.19. The summed E-state index contributed by atoms with van der Waals surface area (Å²) in [6.07, 6.45) is 38.5. The zero-order valence-electron chi connectivity index (χ0n) is 25.8. The fourth-order valence-electron chi connectivity index (χ4n) is 5.13. The Hall–Kier alpha value is -1.58. The maximum absolute atomic E-state index is 11.6. The molecule has 0 aliphatic carbocycles. The van der Waals surface area contributed by atoms with E-state index < -0.39 is 17.9 Å². The van der Waals surface area contributed by atoms with Gasteiger partial charge in [0.05, 0.1) is 12.3 Å². The summed E-state index contributed by atoms with van der Waals surface area (Å²) in [5.74, 6) is -1.98. The number of ether oxygens (including phenoxy) is 1. The number of aliphatic carboxylic acids is 1. The second kappa shape index (κ2) is 31.0. The van der Waals surface area contributed by atoms with E-state index >= 15 is 0 Å². The maximum atomic E-state index is 11.6. The molecule has 4 heteroatoms. The number of esters is 1. The fraction of sp³-hybridized carbons (Fsp3) is 0.829. The lowest BCUT2D eigenvalue weighted by atomic mass is 9.97. The summed E-state index contributed by atoms with van der Waals surface area (Å²) in [5.41, 5.74) is 0. The number of carbonyl (C=O) groups is 2. The van der Waals surface area contributed by atoms with E-state index in [1.54, 1.807) is 0 Å². The molecule has 1 atom stereocenters. The molecule has 1 unspecified atom stereocenters. The number of allylic oxidation sites excluding steroid dienone is 2. The van der Waals surface area contributed by atoms with Gasteiger partial charge in [0.1, 0.15) is 6.61 Å². The molecule has 0 spiro atoms. The van der Waals surface area contributed by atoms with Crippen LogP contribution < -0.4 is 0 Å². The van der Waals surface area contributed by atoms with Crippen molar-refractivity contribution in [3.05, 3.63) is 24.8 Å². The van der Waals surface area contributed by atoms with Crippen LogP contribution in [0.1, 0.15) is 174 Å². The molecule has 0 aliphatic rings. The maximum Gasteiger partial charge on any atom is 0.307 e. The van der Waals surface area contributed by atoms with Gasteiger partial charge in [0.15, 0.2) is 0 Å². The van der Waals surface area contributed by atoms with E-state index in [0.717, 1.165) is 19.3 Å². The van der Waals surface area contributed by atoms with Crippen molar-refractivity contribution < 1.29 is 19.4 Å². The van der Waals surface area contributed by atoms with Gasteiger partial charge < -0.3 is 9.84 Å². The van der Waals surface area contributed by atoms with Gasteiger partial charge in [-0.1, -0.05) is 160 Å². The fourth-order valence-corrected chi connectivity index (χ4v) is 5.13. The first-order chi connectivity index (χ1) is 19.1. The summed E-state index contributed by atoms with van der Waals surface area (Å²) in [5, 5.41) is 9.31. The highest BCUT2D eigenvalue weighted by atomic mass is 16.5. The van der Waals surface area contributed by atoms with Crippen molar-refractivity contribution in [2.45, 2.75) is 174 Å². The molecule has 0 aromatic carbocycles. The number of unbranched alkanes of at least 4 members (excludes halogenated alkanes) is 22. The van der Waals surface area contributed by atoms with Gasteiger partial charge in [-0.15, -0.1) is 0 Å². The quantitative estimate of drug-likeness (QED) is 0.0531. The minimum Gasteiger partial charge on any atom is -0.481 e. The summed E-state index contributed by atoms with van der Waals surface area (Å²) in [7, 11) is 0. The smallest absolute Gasteiger partial charge is 0.307 e. The Morgan fingerprint density at radius 3 is 1.41 bits per heavy atom. The highest BCUT2D eigenvalue weighted by Crippen LogP contribution is 2.18. The van der Waals surface area contributed by atoms with Gasteiger partial charge in [-0.2, -0.15) is 0 Å². The Labute approximate surface area is 242 Å². The monoisotopic (exact) mass is 548 g/mol. The van der Waals surface area contributed by atoms with Crippen LogP contribution in [0.3, 0.4) is 0 Å². The third kappa shape index (κ3) is 29.2. The number of hydrogen-bond donors (Lipinski definition) is 1. The van der Waals surface area contributed by atoms with E-state index in [9.17, 15) is 14.7 Å². The SMILES string of the molecule is C=CCOC(=O)CC(CCCCCCCCCCCCCCCCCCCCC/C=C/CCCCC)C(=O)O. The second-order valence-corrected chi connectivity index (χ2v) is 11.5. The van der Waals surface area contributed by atoms with Gasteiger partial charge in [0.2, 0.25) is 0 Å². The Balaban J connectivity index is 3.30. The highest BCUT2D eigenvalue weighted by Gasteiger charge is 2.21. The van der Waals surface area contributed by atoms with E-state index in [0.29, 0.717) is 6.42 Å². The van der Waals surface area contributed by atoms with Gasteiger partial charge in [0.25, 0.3) is 0 Å². The van der Waals surface area contributed by atoms with Crippen molar-refractivity contribution >= 4 is 11.9 Å². The molecule has 39 heavy (non-hydrogen) atoms. The molecule has 0 rings (SSSR count). The van der Waals surface area contributed by atoms with E-state index in [2.05, 4.69) is 25.7 Å². The zero-order chi connectivity index (χ0) is 28.7. The molecule has 4 nitrogen and oxygen atoms in total. The van der Waals surface area contributed by atoms with Crippen molar-refractivity contribution in [3.8, 4) is 0 Å². The first-order valence-electron chi connectivity index (χ1n) is 16.8. The molecule has 0 fully saturated rings. The van der Waals surface area contributed by atoms with Crippen LogP contribution in [0.15, 0.2) is 24.8 Å². The molecule has 0 aromatic rings. The van der Waals surface area contributed by atoms with E-state index in [1.807, 2.05) is 0 Å². The number of hydrogen-bond acceptors (Lipinski definition) is 3. The molecule has 0 amide bonds. The van der Waals surface area contributed by atoms with E-state index in [-0.39, 0.29) is 13.0 Å². The van der Waals surface area contributed by atoms with Crippen LogP contribution in [0.4, 0.5) is 0 Å². The van der Waals surface area contributed by atoms with Crippen LogP contribution in [0.25, 0.3) is 0 Å². The van der Waals surface area contributed by atoms with Crippen LogP contribution in [0, 0.1) is 5.92 Å². The van der Waals surface area contributed by atoms with Gasteiger partial charge in [0, 0.05) is 0 Å². The molecule has 0 saturated carbocycles. The number of rotatable bonds is 31. The molecule has 0 bridgehead atoms. The standard InChI is InChI=1S/C35H64O4/c1-3-5-6-7-8-9-10-11-12-13-14-15-16-17-18-19-20-21-22-23-24-25-26-27-28-29-30-33(35(37)38)32-34(36)39-31-4-2/h4,8-9,33H,2-3,5-7,10-32H2,1H3,(H,37,38)/b9-8+. The van der Waals surface area contributed by atoms with Crippen LogP contribution in [0.5, 0.6) is 0 Å². The third-order valence-corrected chi connectivity index (χ3v) is 7.69. The summed E-state index contributed by atoms with van der Waals surface area (Å²) in [4.78, 5) is 23.0. The molecule has 0 aliphatic heterocycles. The van der Waals surface area contributed by atoms with Crippen molar-refractivity contribution in [2.75, 3.05) is 6.61 Å². The second-order valence-electron chi connectivity index (χ2n) is 11.5. The largest absolute Gasteiger partial charge is 0.481 e. The Morgan fingerprint density at radius 1 is 0.641 bits per heavy atom. The van der Waals surface area contributed by atoms with Gasteiger partial charge in [-0.3, -0.25) is 9.59 Å². The molecule has 0 saturated heterocycles. The zero-order valence-corrected chi connectivity index (χ0v) is 25.8. The van der Waals surface area contributed by atoms with Gasteiger partial charge in [-0.25, -0.2) is 0 Å². The van der Waals surface area contributed by atoms with Crippen LogP contribution in [-0.4, -0.2) is 23.7 Å². The minimum atomic E-state index is -0.900. The van der Waals surface area contributed by atoms with Crippen molar-refractivity contribution in [1.82, 2.24) is 0 Å². The predicted octanol–water partition coefficient (Wildman–Crippen LogP) is 11.1. The number of carboxylic acids is 1. The Morgan fingerprint density at radius 2 is 1.03 bits per heavy atom. The van der Waals surface area contributed by atoms with Crippen molar-refractivity contribution in [2.24, 2.45) is 5.92 Å². The molecule has 0 aromatic heterocycles. The first-order valence-corrected chi connectivity index (χ1v) is 16.8. The predicted molar refractivity (Wildman–Crippen MR) is 167 cm³/mol. The normalized spacial score (nSPS) is 12.1. The summed E-state index contributed by atoms with van der Waals surface area (Å²) in [6.45, 7) is 5.90. The third-order valence-electron chi connectivity index (χ3n) is 7.69. The molecular formula is C35H64O4. The molecule has 0 heterocycles. The number of carbonyl (C=O) groups excluding carboxylic acids is 1. The van der Waals surface area contributed by atoms with Crippen LogP contribution >= 0.6 is 0 Å². The molecular weight excluding hydrogens is 484 g/mol. The van der Waals surface area contributed by atoms with Crippen LogP contribution in [0.2, 0.25) is 0 Å². The van der Waals surface area contributed by atoms with Crippen molar-refractivity contribution in [1.29, 1.82) is 0 Å². The first kappa shape index (κ1) is 37.4. The van der Waals surface area contributed by atoms with E-state index in [4.69, 9.17) is 4.74 Å². The highest BCUT2D eigenvalue weighted by molar-refractivity contribution is 5.78. The Kier molecular flexibility index (Phi) is 29.7. The lowest BCUT2D eigenvalue weighted by molar-refractivity contribution is -0.151. The summed E-state index contributed by atoms with van der Waals surface area (Å²) in [6, 6.07) is 0.